The van der Waals surface area contributed by atoms with E-state index in [-0.39, 0.29) is 12.1 Å². The maximum atomic E-state index is 12.6. The molecule has 4 rings (SSSR count). The van der Waals surface area contributed by atoms with E-state index in [1.54, 1.807) is 0 Å². The van der Waals surface area contributed by atoms with Gasteiger partial charge in [-0.25, -0.2) is 4.79 Å². The van der Waals surface area contributed by atoms with Gasteiger partial charge in [0.05, 0.1) is 6.61 Å². The van der Waals surface area contributed by atoms with Gasteiger partial charge in [-0.05, 0) is 90.0 Å². The highest BCUT2D eigenvalue weighted by atomic mass is 16.6. The summed E-state index contributed by atoms with van der Waals surface area (Å²) in [4.78, 5) is 17.2. The zero-order valence-electron chi connectivity index (χ0n) is 19.6. The molecule has 3 fully saturated rings. The van der Waals surface area contributed by atoms with Crippen LogP contribution in [0.3, 0.4) is 0 Å². The molecule has 0 spiro atoms. The van der Waals surface area contributed by atoms with Crippen LogP contribution in [0.2, 0.25) is 0 Å². The lowest BCUT2D eigenvalue weighted by Gasteiger charge is -2.36. The molecule has 0 aliphatic carbocycles. The second-order valence-corrected chi connectivity index (χ2v) is 10.5. The molecule has 3 aliphatic rings. The Morgan fingerprint density at radius 1 is 0.968 bits per heavy atom. The predicted molar refractivity (Wildman–Crippen MR) is 123 cm³/mol. The Morgan fingerprint density at radius 3 is 2.48 bits per heavy atom. The normalized spacial score (nSPS) is 27.1. The van der Waals surface area contributed by atoms with E-state index < -0.39 is 5.60 Å². The third-order valence-electron chi connectivity index (χ3n) is 7.09. The molecule has 5 heteroatoms. The van der Waals surface area contributed by atoms with Gasteiger partial charge in [0.1, 0.15) is 11.4 Å². The molecule has 0 aromatic heterocycles. The number of benzene rings is 1. The van der Waals surface area contributed by atoms with Crippen LogP contribution in [-0.4, -0.2) is 53.3 Å². The highest BCUT2D eigenvalue weighted by molar-refractivity contribution is 5.68. The average molecular weight is 429 g/mol. The van der Waals surface area contributed by atoms with Crippen LogP contribution in [0.1, 0.15) is 90.2 Å². The van der Waals surface area contributed by atoms with E-state index in [1.807, 2.05) is 25.7 Å². The Morgan fingerprint density at radius 2 is 1.71 bits per heavy atom. The minimum Gasteiger partial charge on any atom is -0.494 e. The molecule has 0 saturated carbocycles. The Kier molecular flexibility index (Phi) is 7.10. The number of ether oxygens (including phenoxy) is 2. The molecule has 1 aromatic rings. The van der Waals surface area contributed by atoms with E-state index in [0.717, 1.165) is 44.0 Å². The predicted octanol–water partition coefficient (Wildman–Crippen LogP) is 5.93. The fourth-order valence-corrected chi connectivity index (χ4v) is 5.58. The summed E-state index contributed by atoms with van der Waals surface area (Å²) < 4.78 is 11.7. The molecule has 1 amide bonds. The SMILES string of the molecule is CC(C)(C)OC(=O)N1CCCCC1CCOc1ccc([C@H]2CC[C@H]3CCCCN32)cc1. The molecule has 3 atom stereocenters. The summed E-state index contributed by atoms with van der Waals surface area (Å²) in [5.41, 5.74) is 0.977. The molecule has 1 unspecified atom stereocenters. The van der Waals surface area contributed by atoms with E-state index in [9.17, 15) is 4.79 Å². The molecule has 0 N–H and O–H groups in total. The summed E-state index contributed by atoms with van der Waals surface area (Å²) >= 11 is 0. The van der Waals surface area contributed by atoms with Gasteiger partial charge in [-0.2, -0.15) is 0 Å². The molecule has 172 valence electrons. The van der Waals surface area contributed by atoms with Crippen molar-refractivity contribution >= 4 is 6.09 Å². The fourth-order valence-electron chi connectivity index (χ4n) is 5.58. The third-order valence-corrected chi connectivity index (χ3v) is 7.09. The van der Waals surface area contributed by atoms with Crippen molar-refractivity contribution in [3.05, 3.63) is 29.8 Å². The Hall–Kier alpha value is -1.75. The summed E-state index contributed by atoms with van der Waals surface area (Å²) in [5.74, 6) is 0.927. The van der Waals surface area contributed by atoms with Crippen molar-refractivity contribution in [3.8, 4) is 5.75 Å². The van der Waals surface area contributed by atoms with Crippen molar-refractivity contribution in [2.24, 2.45) is 0 Å². The van der Waals surface area contributed by atoms with Crippen LogP contribution in [0.15, 0.2) is 24.3 Å². The standard InChI is InChI=1S/C26H40N2O3/c1-26(2,3)31-25(29)28-18-7-5-9-22(28)16-19-30-23-13-10-20(11-14-23)24-15-12-21-8-4-6-17-27(21)24/h10-11,13-14,21-22,24H,4-9,12,15-19H2,1-3H3/t21-,22?,24-/m1/s1. The Balaban J connectivity index is 1.27. The topological polar surface area (TPSA) is 42.0 Å². The number of carbonyl (C=O) groups is 1. The first kappa shape index (κ1) is 22.4. The molecule has 3 saturated heterocycles. The molecular weight excluding hydrogens is 388 g/mol. The van der Waals surface area contributed by atoms with Gasteiger partial charge in [0.25, 0.3) is 0 Å². The van der Waals surface area contributed by atoms with Crippen LogP contribution >= 0.6 is 0 Å². The van der Waals surface area contributed by atoms with Gasteiger partial charge in [0, 0.05) is 31.1 Å². The number of fused-ring (bicyclic) bond motifs is 1. The summed E-state index contributed by atoms with van der Waals surface area (Å²) in [6.07, 6.45) is 10.6. The van der Waals surface area contributed by atoms with E-state index in [0.29, 0.717) is 12.6 Å². The quantitative estimate of drug-likeness (QED) is 0.582. The summed E-state index contributed by atoms with van der Waals surface area (Å²) in [6.45, 7) is 8.44. The zero-order valence-corrected chi connectivity index (χ0v) is 19.6. The van der Waals surface area contributed by atoms with Crippen molar-refractivity contribution in [2.45, 2.75) is 102 Å². The first-order valence-electron chi connectivity index (χ1n) is 12.4. The lowest BCUT2D eigenvalue weighted by atomic mass is 10.0. The number of carbonyl (C=O) groups excluding carboxylic acids is 1. The molecule has 31 heavy (non-hydrogen) atoms. The smallest absolute Gasteiger partial charge is 0.410 e. The first-order valence-corrected chi connectivity index (χ1v) is 12.4. The van der Waals surface area contributed by atoms with Crippen LogP contribution in [0.4, 0.5) is 4.79 Å². The minimum atomic E-state index is -0.454. The monoisotopic (exact) mass is 428 g/mol. The van der Waals surface area contributed by atoms with Crippen LogP contribution in [0.25, 0.3) is 0 Å². The second kappa shape index (κ2) is 9.81. The summed E-state index contributed by atoms with van der Waals surface area (Å²) in [7, 11) is 0. The van der Waals surface area contributed by atoms with Crippen molar-refractivity contribution < 1.29 is 14.3 Å². The van der Waals surface area contributed by atoms with Gasteiger partial charge in [-0.3, -0.25) is 4.90 Å². The van der Waals surface area contributed by atoms with Crippen LogP contribution in [-0.2, 0) is 4.74 Å². The highest BCUT2D eigenvalue weighted by Crippen LogP contribution is 2.40. The number of hydrogen-bond donors (Lipinski definition) is 0. The first-order chi connectivity index (χ1) is 14.9. The van der Waals surface area contributed by atoms with E-state index in [2.05, 4.69) is 29.2 Å². The van der Waals surface area contributed by atoms with Gasteiger partial charge < -0.3 is 14.4 Å². The minimum absolute atomic E-state index is 0.186. The van der Waals surface area contributed by atoms with Gasteiger partial charge in [0.2, 0.25) is 0 Å². The summed E-state index contributed by atoms with van der Waals surface area (Å²) in [5, 5.41) is 0. The second-order valence-electron chi connectivity index (χ2n) is 10.5. The number of likely N-dealkylation sites (tertiary alicyclic amines) is 1. The number of amides is 1. The van der Waals surface area contributed by atoms with E-state index in [1.165, 1.54) is 44.2 Å². The number of hydrogen-bond acceptors (Lipinski definition) is 4. The fraction of sp³-hybridized carbons (Fsp3) is 0.731. The average Bonchev–Trinajstić information content (AvgIpc) is 3.18. The Labute approximate surface area is 188 Å². The number of nitrogens with zero attached hydrogens (tertiary/aromatic N) is 2. The van der Waals surface area contributed by atoms with Crippen molar-refractivity contribution in [1.29, 1.82) is 0 Å². The number of piperidine rings is 2. The molecule has 3 heterocycles. The maximum absolute atomic E-state index is 12.6. The third kappa shape index (κ3) is 5.74. The highest BCUT2D eigenvalue weighted by Gasteiger charge is 2.35. The van der Waals surface area contributed by atoms with Gasteiger partial charge in [-0.15, -0.1) is 0 Å². The molecule has 3 aliphatic heterocycles. The molecule has 0 radical (unpaired) electrons. The van der Waals surface area contributed by atoms with Crippen LogP contribution in [0.5, 0.6) is 5.75 Å². The summed E-state index contributed by atoms with van der Waals surface area (Å²) in [6, 6.07) is 10.4. The van der Waals surface area contributed by atoms with Gasteiger partial charge in [-0.1, -0.05) is 18.6 Å². The van der Waals surface area contributed by atoms with Crippen molar-refractivity contribution in [2.75, 3.05) is 19.7 Å². The van der Waals surface area contributed by atoms with Crippen molar-refractivity contribution in [3.63, 3.8) is 0 Å². The molecular formula is C26H40N2O3. The Bertz CT molecular complexity index is 727. The van der Waals surface area contributed by atoms with Crippen LogP contribution < -0.4 is 4.74 Å². The van der Waals surface area contributed by atoms with Gasteiger partial charge in [0.15, 0.2) is 0 Å². The zero-order chi connectivity index (χ0) is 21.8. The lowest BCUT2D eigenvalue weighted by Crippen LogP contribution is -2.46. The lowest BCUT2D eigenvalue weighted by molar-refractivity contribution is 0.00743. The largest absolute Gasteiger partial charge is 0.494 e. The molecule has 1 aromatic carbocycles. The van der Waals surface area contributed by atoms with E-state index in [4.69, 9.17) is 9.47 Å². The van der Waals surface area contributed by atoms with E-state index >= 15 is 0 Å². The number of rotatable bonds is 5. The molecule has 5 nitrogen and oxygen atoms in total. The molecule has 0 bridgehead atoms. The maximum Gasteiger partial charge on any atom is 0.410 e. The van der Waals surface area contributed by atoms with Crippen molar-refractivity contribution in [1.82, 2.24) is 9.80 Å². The van der Waals surface area contributed by atoms with Crippen LogP contribution in [0, 0.1) is 0 Å². The van der Waals surface area contributed by atoms with Gasteiger partial charge >= 0.3 is 6.09 Å².